The van der Waals surface area contributed by atoms with Crippen LogP contribution < -0.4 is 5.73 Å². The summed E-state index contributed by atoms with van der Waals surface area (Å²) >= 11 is 0. The Bertz CT molecular complexity index is 168. The molecule has 4 heteroatoms. The van der Waals surface area contributed by atoms with Crippen molar-refractivity contribution in [2.75, 3.05) is 52.6 Å². The lowest BCUT2D eigenvalue weighted by atomic mass is 10.1. The van der Waals surface area contributed by atoms with Gasteiger partial charge >= 0.3 is 0 Å². The number of rotatable bonds is 7. The van der Waals surface area contributed by atoms with Gasteiger partial charge in [-0.3, -0.25) is 9.80 Å². The number of hydrogen-bond acceptors (Lipinski definition) is 4. The van der Waals surface area contributed by atoms with Crippen LogP contribution in [0.4, 0.5) is 0 Å². The second-order valence-electron chi connectivity index (χ2n) is 4.94. The number of ether oxygens (including phenoxy) is 1. The van der Waals surface area contributed by atoms with Crippen molar-refractivity contribution in [3.05, 3.63) is 0 Å². The van der Waals surface area contributed by atoms with Crippen molar-refractivity contribution in [1.82, 2.24) is 9.80 Å². The van der Waals surface area contributed by atoms with E-state index >= 15 is 0 Å². The Balaban J connectivity index is 0.00000137. The summed E-state index contributed by atoms with van der Waals surface area (Å²) in [6.45, 7) is 16.5. The van der Waals surface area contributed by atoms with Crippen LogP contribution >= 0.6 is 0 Å². The summed E-state index contributed by atoms with van der Waals surface area (Å²) in [5.74, 6) is 0.744. The van der Waals surface area contributed by atoms with Gasteiger partial charge in [-0.2, -0.15) is 0 Å². The standard InChI is InChI=1S/C12H27N3O.C2H6/c1-12(2)3-9-16-10-8-14-4-6-15(11-13)7-5-14;1-2/h12H,3-11,13H2,1-2H3;1-2H3. The van der Waals surface area contributed by atoms with Gasteiger partial charge in [-0.1, -0.05) is 27.7 Å². The third-order valence-electron chi connectivity index (χ3n) is 3.11. The Labute approximate surface area is 113 Å². The van der Waals surface area contributed by atoms with E-state index < -0.39 is 0 Å². The summed E-state index contributed by atoms with van der Waals surface area (Å²) in [6.07, 6.45) is 1.17. The molecular formula is C14H33N3O. The molecule has 2 N–H and O–H groups in total. The zero-order valence-corrected chi connectivity index (χ0v) is 12.8. The van der Waals surface area contributed by atoms with E-state index in [0.717, 1.165) is 51.9 Å². The van der Waals surface area contributed by atoms with Crippen molar-refractivity contribution >= 4 is 0 Å². The van der Waals surface area contributed by atoms with Gasteiger partial charge in [0.25, 0.3) is 0 Å². The molecule has 0 spiro atoms. The average Bonchev–Trinajstić information content (AvgIpc) is 2.41. The maximum atomic E-state index is 5.62. The molecule has 1 aliphatic rings. The minimum Gasteiger partial charge on any atom is -0.380 e. The van der Waals surface area contributed by atoms with Gasteiger partial charge in [0.2, 0.25) is 0 Å². The Morgan fingerprint density at radius 2 is 1.56 bits per heavy atom. The van der Waals surface area contributed by atoms with Crippen molar-refractivity contribution in [2.24, 2.45) is 11.7 Å². The van der Waals surface area contributed by atoms with Crippen LogP contribution in [0, 0.1) is 5.92 Å². The third kappa shape index (κ3) is 8.86. The van der Waals surface area contributed by atoms with E-state index in [4.69, 9.17) is 10.5 Å². The number of nitrogens with zero attached hydrogens (tertiary/aromatic N) is 2. The predicted molar refractivity (Wildman–Crippen MR) is 78.7 cm³/mol. The lowest BCUT2D eigenvalue weighted by Crippen LogP contribution is -2.48. The molecule has 1 rings (SSSR count). The third-order valence-corrected chi connectivity index (χ3v) is 3.11. The van der Waals surface area contributed by atoms with E-state index in [9.17, 15) is 0 Å². The maximum Gasteiger partial charge on any atom is 0.0593 e. The molecule has 0 aromatic rings. The first-order chi connectivity index (χ1) is 8.72. The Hall–Kier alpha value is -0.160. The SMILES string of the molecule is CC.CC(C)CCOCCN1CCN(CN)CC1. The van der Waals surface area contributed by atoms with Crippen LogP contribution in [-0.4, -0.2) is 62.4 Å². The van der Waals surface area contributed by atoms with Crippen LogP contribution in [0.25, 0.3) is 0 Å². The van der Waals surface area contributed by atoms with E-state index in [0.29, 0.717) is 6.67 Å². The molecule has 0 unspecified atom stereocenters. The van der Waals surface area contributed by atoms with Crippen molar-refractivity contribution in [2.45, 2.75) is 34.1 Å². The number of piperazine rings is 1. The Morgan fingerprint density at radius 1 is 1.00 bits per heavy atom. The van der Waals surface area contributed by atoms with Gasteiger partial charge in [0.15, 0.2) is 0 Å². The van der Waals surface area contributed by atoms with E-state index in [-0.39, 0.29) is 0 Å². The maximum absolute atomic E-state index is 5.62. The highest BCUT2D eigenvalue weighted by atomic mass is 16.5. The molecule has 0 radical (unpaired) electrons. The largest absolute Gasteiger partial charge is 0.380 e. The van der Waals surface area contributed by atoms with Gasteiger partial charge in [0.1, 0.15) is 0 Å². The molecule has 0 saturated carbocycles. The van der Waals surface area contributed by atoms with E-state index in [1.165, 1.54) is 6.42 Å². The van der Waals surface area contributed by atoms with Crippen molar-refractivity contribution in [3.63, 3.8) is 0 Å². The van der Waals surface area contributed by atoms with Crippen LogP contribution in [0.3, 0.4) is 0 Å². The average molecular weight is 259 g/mol. The van der Waals surface area contributed by atoms with Crippen LogP contribution in [0.15, 0.2) is 0 Å². The molecule has 0 amide bonds. The van der Waals surface area contributed by atoms with Gasteiger partial charge in [-0.15, -0.1) is 0 Å². The zero-order chi connectivity index (χ0) is 13.8. The minimum atomic E-state index is 0.693. The van der Waals surface area contributed by atoms with Crippen molar-refractivity contribution in [1.29, 1.82) is 0 Å². The molecule has 0 aromatic carbocycles. The molecule has 1 saturated heterocycles. The second-order valence-corrected chi connectivity index (χ2v) is 4.94. The van der Waals surface area contributed by atoms with Crippen molar-refractivity contribution < 1.29 is 4.74 Å². The number of nitrogens with two attached hydrogens (primary N) is 1. The highest BCUT2D eigenvalue weighted by Gasteiger charge is 2.14. The van der Waals surface area contributed by atoms with Crippen LogP contribution in [0.5, 0.6) is 0 Å². The Morgan fingerprint density at radius 3 is 2.06 bits per heavy atom. The van der Waals surface area contributed by atoms with Gasteiger partial charge in [0, 0.05) is 46.0 Å². The first kappa shape index (κ1) is 17.8. The van der Waals surface area contributed by atoms with Crippen LogP contribution in [-0.2, 0) is 4.74 Å². The molecular weight excluding hydrogens is 226 g/mol. The second kappa shape index (κ2) is 11.9. The monoisotopic (exact) mass is 259 g/mol. The van der Waals surface area contributed by atoms with Gasteiger partial charge in [-0.05, 0) is 12.3 Å². The van der Waals surface area contributed by atoms with Crippen LogP contribution in [0.2, 0.25) is 0 Å². The van der Waals surface area contributed by atoms with E-state index in [1.54, 1.807) is 0 Å². The smallest absolute Gasteiger partial charge is 0.0593 e. The summed E-state index contributed by atoms with van der Waals surface area (Å²) in [5.41, 5.74) is 5.60. The quantitative estimate of drug-likeness (QED) is 0.705. The molecule has 0 bridgehead atoms. The summed E-state index contributed by atoms with van der Waals surface area (Å²) in [4.78, 5) is 4.75. The molecule has 1 fully saturated rings. The normalized spacial score (nSPS) is 17.7. The highest BCUT2D eigenvalue weighted by Crippen LogP contribution is 2.01. The molecule has 0 aromatic heterocycles. The molecule has 110 valence electrons. The summed E-state index contributed by atoms with van der Waals surface area (Å²) < 4.78 is 5.62. The fourth-order valence-electron chi connectivity index (χ4n) is 1.81. The Kier molecular flexibility index (Phi) is 11.8. The van der Waals surface area contributed by atoms with Crippen LogP contribution in [0.1, 0.15) is 34.1 Å². The fraction of sp³-hybridized carbons (Fsp3) is 1.00. The first-order valence-electron chi connectivity index (χ1n) is 7.45. The zero-order valence-electron chi connectivity index (χ0n) is 12.8. The summed E-state index contributed by atoms with van der Waals surface area (Å²) in [6, 6.07) is 0. The fourth-order valence-corrected chi connectivity index (χ4v) is 1.81. The lowest BCUT2D eigenvalue weighted by molar-refractivity contribution is 0.0720. The molecule has 0 atom stereocenters. The van der Waals surface area contributed by atoms with Gasteiger partial charge in [0.05, 0.1) is 6.61 Å². The van der Waals surface area contributed by atoms with Crippen molar-refractivity contribution in [3.8, 4) is 0 Å². The minimum absolute atomic E-state index is 0.693. The molecule has 1 aliphatic heterocycles. The number of hydrogen-bond donors (Lipinski definition) is 1. The van der Waals surface area contributed by atoms with E-state index in [2.05, 4.69) is 23.6 Å². The molecule has 0 aliphatic carbocycles. The molecule has 4 nitrogen and oxygen atoms in total. The first-order valence-corrected chi connectivity index (χ1v) is 7.45. The lowest BCUT2D eigenvalue weighted by Gasteiger charge is -2.33. The summed E-state index contributed by atoms with van der Waals surface area (Å²) in [7, 11) is 0. The summed E-state index contributed by atoms with van der Waals surface area (Å²) in [5, 5.41) is 0. The molecule has 18 heavy (non-hydrogen) atoms. The van der Waals surface area contributed by atoms with E-state index in [1.807, 2.05) is 13.8 Å². The van der Waals surface area contributed by atoms with Gasteiger partial charge in [-0.25, -0.2) is 0 Å². The van der Waals surface area contributed by atoms with Gasteiger partial charge < -0.3 is 10.5 Å². The topological polar surface area (TPSA) is 41.7 Å². The highest BCUT2D eigenvalue weighted by molar-refractivity contribution is 4.70. The molecule has 1 heterocycles. The predicted octanol–water partition coefficient (Wildman–Crippen LogP) is 1.61.